The fourth-order valence-electron chi connectivity index (χ4n) is 1.62. The summed E-state index contributed by atoms with van der Waals surface area (Å²) >= 11 is 5.89. The summed E-state index contributed by atoms with van der Waals surface area (Å²) in [6.07, 6.45) is 0.271. The molecule has 1 atom stereocenters. The normalized spacial score (nSPS) is 11.9. The molecule has 1 aromatic rings. The lowest BCUT2D eigenvalue weighted by Gasteiger charge is -2.12. The smallest absolute Gasteiger partial charge is 0.271 e. The Kier molecular flexibility index (Phi) is 5.72. The molecule has 0 spiro atoms. The van der Waals surface area contributed by atoms with Gasteiger partial charge in [0.25, 0.3) is 5.69 Å². The van der Waals surface area contributed by atoms with Crippen molar-refractivity contribution in [1.29, 1.82) is 0 Å². The Morgan fingerprint density at radius 3 is 2.79 bits per heavy atom. The predicted octanol–water partition coefficient (Wildman–Crippen LogP) is 2.57. The van der Waals surface area contributed by atoms with E-state index in [1.165, 1.54) is 18.2 Å². The number of nitro benzene ring substituents is 1. The second-order valence-corrected chi connectivity index (χ2v) is 4.54. The molecule has 0 radical (unpaired) electrons. The van der Waals surface area contributed by atoms with Gasteiger partial charge in [-0.05, 0) is 19.5 Å². The minimum absolute atomic E-state index is 0.0301. The van der Waals surface area contributed by atoms with E-state index in [1.807, 2.05) is 13.8 Å². The third-order valence-corrected chi connectivity index (χ3v) is 2.81. The van der Waals surface area contributed by atoms with Crippen molar-refractivity contribution in [2.75, 3.05) is 11.9 Å². The zero-order valence-corrected chi connectivity index (χ0v) is 11.5. The molecule has 0 aliphatic heterocycles. The molecule has 1 rings (SSSR count). The average molecular weight is 286 g/mol. The highest BCUT2D eigenvalue weighted by Crippen LogP contribution is 2.26. The van der Waals surface area contributed by atoms with E-state index in [4.69, 9.17) is 11.6 Å². The maximum absolute atomic E-state index is 11.8. The fourth-order valence-corrected chi connectivity index (χ4v) is 1.79. The van der Waals surface area contributed by atoms with Crippen LogP contribution in [0.1, 0.15) is 20.3 Å². The van der Waals surface area contributed by atoms with Gasteiger partial charge < -0.3 is 10.6 Å². The summed E-state index contributed by atoms with van der Waals surface area (Å²) in [4.78, 5) is 21.9. The van der Waals surface area contributed by atoms with Gasteiger partial charge in [0.05, 0.1) is 15.6 Å². The average Bonchev–Trinajstić information content (AvgIpc) is 2.31. The van der Waals surface area contributed by atoms with E-state index in [1.54, 1.807) is 0 Å². The first kappa shape index (κ1) is 15.4. The number of non-ortho nitro benzene ring substituents is 1. The van der Waals surface area contributed by atoms with Crippen molar-refractivity contribution in [2.24, 2.45) is 0 Å². The zero-order valence-electron chi connectivity index (χ0n) is 10.8. The van der Waals surface area contributed by atoms with Crippen LogP contribution in [0.15, 0.2) is 18.2 Å². The van der Waals surface area contributed by atoms with Gasteiger partial charge in [0.15, 0.2) is 0 Å². The maximum atomic E-state index is 11.8. The number of hydrogen-bond acceptors (Lipinski definition) is 4. The lowest BCUT2D eigenvalue weighted by atomic mass is 10.2. The topological polar surface area (TPSA) is 84.3 Å². The van der Waals surface area contributed by atoms with Crippen LogP contribution in [0.3, 0.4) is 0 Å². The minimum Gasteiger partial charge on any atom is -0.325 e. The summed E-state index contributed by atoms with van der Waals surface area (Å²) in [6, 6.07) is 3.96. The van der Waals surface area contributed by atoms with E-state index in [0.29, 0.717) is 0 Å². The number of carbonyl (C=O) groups is 1. The second kappa shape index (κ2) is 7.06. The van der Waals surface area contributed by atoms with E-state index in [0.717, 1.165) is 6.54 Å². The molecule has 0 fully saturated rings. The van der Waals surface area contributed by atoms with Gasteiger partial charge in [0, 0.05) is 24.6 Å². The molecule has 0 aliphatic rings. The predicted molar refractivity (Wildman–Crippen MR) is 74.5 cm³/mol. The molecule has 0 saturated carbocycles. The first-order valence-electron chi connectivity index (χ1n) is 5.91. The molecule has 0 heterocycles. The number of nitrogens with zero attached hydrogens (tertiary/aromatic N) is 1. The first-order chi connectivity index (χ1) is 8.93. The molecule has 1 unspecified atom stereocenters. The summed E-state index contributed by atoms with van der Waals surface area (Å²) in [7, 11) is 0. The molecule has 2 N–H and O–H groups in total. The van der Waals surface area contributed by atoms with E-state index < -0.39 is 4.92 Å². The summed E-state index contributed by atoms with van der Waals surface area (Å²) < 4.78 is 0. The van der Waals surface area contributed by atoms with Crippen LogP contribution < -0.4 is 10.6 Å². The van der Waals surface area contributed by atoms with Gasteiger partial charge in [-0.3, -0.25) is 14.9 Å². The maximum Gasteiger partial charge on any atom is 0.271 e. The van der Waals surface area contributed by atoms with Crippen molar-refractivity contribution in [3.8, 4) is 0 Å². The largest absolute Gasteiger partial charge is 0.325 e. The monoisotopic (exact) mass is 285 g/mol. The van der Waals surface area contributed by atoms with Crippen LogP contribution in [0.2, 0.25) is 5.02 Å². The first-order valence-corrected chi connectivity index (χ1v) is 6.29. The van der Waals surface area contributed by atoms with Crippen LogP contribution in [-0.4, -0.2) is 23.4 Å². The number of halogens is 1. The number of rotatable bonds is 6. The minimum atomic E-state index is -0.534. The summed E-state index contributed by atoms with van der Waals surface area (Å²) in [5.74, 6) is -0.240. The SMILES string of the molecule is CCNC(C)CC(=O)Nc1cc([N+](=O)[O-])ccc1Cl. The van der Waals surface area contributed by atoms with Gasteiger partial charge in [-0.25, -0.2) is 0 Å². The number of anilines is 1. The molecule has 104 valence electrons. The van der Waals surface area contributed by atoms with Crippen molar-refractivity contribution >= 4 is 28.9 Å². The van der Waals surface area contributed by atoms with Crippen LogP contribution in [-0.2, 0) is 4.79 Å². The Morgan fingerprint density at radius 2 is 2.21 bits per heavy atom. The Hall–Kier alpha value is -1.66. The number of hydrogen-bond donors (Lipinski definition) is 2. The summed E-state index contributed by atoms with van der Waals surface area (Å²) in [6.45, 7) is 4.61. The van der Waals surface area contributed by atoms with Gasteiger partial charge in [0.1, 0.15) is 0 Å². The van der Waals surface area contributed by atoms with Crippen molar-refractivity contribution in [3.63, 3.8) is 0 Å². The molecule has 0 bridgehead atoms. The highest BCUT2D eigenvalue weighted by molar-refractivity contribution is 6.33. The van der Waals surface area contributed by atoms with Crippen molar-refractivity contribution in [3.05, 3.63) is 33.3 Å². The summed E-state index contributed by atoms with van der Waals surface area (Å²) in [5.41, 5.74) is 0.143. The van der Waals surface area contributed by atoms with Crippen LogP contribution in [0, 0.1) is 10.1 Å². The van der Waals surface area contributed by atoms with Crippen LogP contribution in [0.5, 0.6) is 0 Å². The molecule has 0 aliphatic carbocycles. The van der Waals surface area contributed by atoms with Crippen LogP contribution >= 0.6 is 11.6 Å². The third-order valence-electron chi connectivity index (χ3n) is 2.48. The van der Waals surface area contributed by atoms with E-state index in [-0.39, 0.29) is 34.8 Å². The zero-order chi connectivity index (χ0) is 14.4. The lowest BCUT2D eigenvalue weighted by molar-refractivity contribution is -0.384. The van der Waals surface area contributed by atoms with E-state index in [2.05, 4.69) is 10.6 Å². The number of carbonyl (C=O) groups excluding carboxylic acids is 1. The standard InChI is InChI=1S/C12H16ClN3O3/c1-3-14-8(2)6-12(17)15-11-7-9(16(18)19)4-5-10(11)13/h4-5,7-8,14H,3,6H2,1-2H3,(H,15,17). The Balaban J connectivity index is 2.73. The van der Waals surface area contributed by atoms with Gasteiger partial charge in [-0.1, -0.05) is 18.5 Å². The number of benzene rings is 1. The van der Waals surface area contributed by atoms with Crippen molar-refractivity contribution in [1.82, 2.24) is 5.32 Å². The van der Waals surface area contributed by atoms with Gasteiger partial charge in [-0.2, -0.15) is 0 Å². The van der Waals surface area contributed by atoms with Crippen molar-refractivity contribution < 1.29 is 9.72 Å². The van der Waals surface area contributed by atoms with E-state index >= 15 is 0 Å². The highest BCUT2D eigenvalue weighted by Gasteiger charge is 2.13. The molecular weight excluding hydrogens is 270 g/mol. The number of amides is 1. The molecule has 6 nitrogen and oxygen atoms in total. The lowest BCUT2D eigenvalue weighted by Crippen LogP contribution is -2.30. The second-order valence-electron chi connectivity index (χ2n) is 4.13. The van der Waals surface area contributed by atoms with Crippen LogP contribution in [0.4, 0.5) is 11.4 Å². The Morgan fingerprint density at radius 1 is 1.53 bits per heavy atom. The molecular formula is C12H16ClN3O3. The van der Waals surface area contributed by atoms with Gasteiger partial charge in [-0.15, -0.1) is 0 Å². The van der Waals surface area contributed by atoms with Gasteiger partial charge in [0.2, 0.25) is 5.91 Å². The highest BCUT2D eigenvalue weighted by atomic mass is 35.5. The van der Waals surface area contributed by atoms with Gasteiger partial charge >= 0.3 is 0 Å². The van der Waals surface area contributed by atoms with Crippen molar-refractivity contribution in [2.45, 2.75) is 26.3 Å². The third kappa shape index (κ3) is 4.84. The molecule has 0 aromatic heterocycles. The Labute approximate surface area is 116 Å². The molecule has 0 saturated heterocycles. The van der Waals surface area contributed by atoms with E-state index in [9.17, 15) is 14.9 Å². The molecule has 1 amide bonds. The number of nitrogens with one attached hydrogen (secondary N) is 2. The molecule has 1 aromatic carbocycles. The summed E-state index contributed by atoms with van der Waals surface area (Å²) in [5, 5.41) is 16.6. The molecule has 7 heteroatoms. The van der Waals surface area contributed by atoms with Crippen LogP contribution in [0.25, 0.3) is 0 Å². The Bertz CT molecular complexity index is 479. The molecule has 19 heavy (non-hydrogen) atoms. The fraction of sp³-hybridized carbons (Fsp3) is 0.417. The number of nitro groups is 1. The quantitative estimate of drug-likeness (QED) is 0.621.